The van der Waals surface area contributed by atoms with Crippen molar-refractivity contribution in [2.45, 2.75) is 26.3 Å². The predicted octanol–water partition coefficient (Wildman–Crippen LogP) is 1.53. The molecule has 1 unspecified atom stereocenters. The van der Waals surface area contributed by atoms with Gasteiger partial charge in [0.05, 0.1) is 12.1 Å². The number of rotatable bonds is 8. The van der Waals surface area contributed by atoms with Crippen LogP contribution in [-0.4, -0.2) is 47.9 Å². The number of nitrogens with one attached hydrogen (secondary N) is 1. The van der Waals surface area contributed by atoms with Gasteiger partial charge in [0.15, 0.2) is 0 Å². The average Bonchev–Trinajstić information content (AvgIpc) is 2.44. The molecule has 0 aliphatic carbocycles. The van der Waals surface area contributed by atoms with Crippen LogP contribution in [0.2, 0.25) is 0 Å². The number of likely N-dealkylation sites (N-methyl/N-ethyl adjacent to an activating group) is 1. The molecule has 0 saturated carbocycles. The van der Waals surface area contributed by atoms with Gasteiger partial charge in [0.25, 0.3) is 0 Å². The Morgan fingerprint density at radius 2 is 1.74 bits per heavy atom. The van der Waals surface area contributed by atoms with Gasteiger partial charge < -0.3 is 20.4 Å². The third-order valence-corrected chi connectivity index (χ3v) is 3.66. The summed E-state index contributed by atoms with van der Waals surface area (Å²) in [7, 11) is 0. The van der Waals surface area contributed by atoms with E-state index in [1.807, 2.05) is 19.1 Å². The molecule has 19 heavy (non-hydrogen) atoms. The normalized spacial score (nSPS) is 14.6. The Bertz CT molecular complexity index is 363. The second-order valence-electron chi connectivity index (χ2n) is 4.99. The van der Waals surface area contributed by atoms with Gasteiger partial charge in [-0.25, -0.2) is 0 Å². The SMILES string of the molecule is CCN(CC)CCNC(C)(CO)c1ccc(O)cc1. The first-order chi connectivity index (χ1) is 9.05. The number of aliphatic hydroxyl groups is 1. The lowest BCUT2D eigenvalue weighted by Gasteiger charge is -2.31. The van der Waals surface area contributed by atoms with E-state index in [4.69, 9.17) is 0 Å². The topological polar surface area (TPSA) is 55.7 Å². The molecule has 0 bridgehead atoms. The molecular formula is C15H26N2O2. The van der Waals surface area contributed by atoms with Gasteiger partial charge in [0.2, 0.25) is 0 Å². The number of nitrogens with zero attached hydrogens (tertiary/aromatic N) is 1. The highest BCUT2D eigenvalue weighted by atomic mass is 16.3. The van der Waals surface area contributed by atoms with E-state index in [0.717, 1.165) is 31.7 Å². The van der Waals surface area contributed by atoms with E-state index in [1.54, 1.807) is 12.1 Å². The van der Waals surface area contributed by atoms with Crippen LogP contribution < -0.4 is 5.32 Å². The zero-order valence-electron chi connectivity index (χ0n) is 12.2. The highest BCUT2D eigenvalue weighted by molar-refractivity contribution is 5.30. The van der Waals surface area contributed by atoms with E-state index in [0.29, 0.717) is 0 Å². The number of phenolic OH excluding ortho intramolecular Hbond substituents is 1. The van der Waals surface area contributed by atoms with Crippen molar-refractivity contribution >= 4 is 0 Å². The van der Waals surface area contributed by atoms with E-state index >= 15 is 0 Å². The van der Waals surface area contributed by atoms with Crippen molar-refractivity contribution < 1.29 is 10.2 Å². The summed E-state index contributed by atoms with van der Waals surface area (Å²) in [5.41, 5.74) is 0.508. The summed E-state index contributed by atoms with van der Waals surface area (Å²) in [6.45, 7) is 10.1. The molecule has 0 spiro atoms. The van der Waals surface area contributed by atoms with Gasteiger partial charge in [-0.2, -0.15) is 0 Å². The summed E-state index contributed by atoms with van der Waals surface area (Å²) >= 11 is 0. The minimum absolute atomic E-state index is 0.0238. The molecule has 1 rings (SSSR count). The Kier molecular flexibility index (Phi) is 6.28. The summed E-state index contributed by atoms with van der Waals surface area (Å²) in [6.07, 6.45) is 0. The zero-order valence-corrected chi connectivity index (χ0v) is 12.2. The number of hydrogen-bond acceptors (Lipinski definition) is 4. The van der Waals surface area contributed by atoms with Gasteiger partial charge in [-0.05, 0) is 37.7 Å². The molecule has 0 aliphatic rings. The second kappa shape index (κ2) is 7.48. The van der Waals surface area contributed by atoms with Gasteiger partial charge in [-0.1, -0.05) is 26.0 Å². The van der Waals surface area contributed by atoms with Crippen LogP contribution >= 0.6 is 0 Å². The largest absolute Gasteiger partial charge is 0.508 e. The van der Waals surface area contributed by atoms with Crippen molar-refractivity contribution in [1.82, 2.24) is 10.2 Å². The molecule has 1 atom stereocenters. The fourth-order valence-corrected chi connectivity index (χ4v) is 2.11. The molecule has 0 heterocycles. The lowest BCUT2D eigenvalue weighted by Crippen LogP contribution is -2.46. The molecule has 0 radical (unpaired) electrons. The number of phenols is 1. The molecular weight excluding hydrogens is 240 g/mol. The molecule has 1 aromatic carbocycles. The van der Waals surface area contributed by atoms with Crippen LogP contribution in [0.5, 0.6) is 5.75 Å². The van der Waals surface area contributed by atoms with Gasteiger partial charge in [-0.15, -0.1) is 0 Å². The molecule has 4 heteroatoms. The van der Waals surface area contributed by atoms with Crippen molar-refractivity contribution in [3.05, 3.63) is 29.8 Å². The van der Waals surface area contributed by atoms with Gasteiger partial charge in [0.1, 0.15) is 5.75 Å². The van der Waals surface area contributed by atoms with E-state index in [9.17, 15) is 10.2 Å². The molecule has 0 amide bonds. The first kappa shape index (κ1) is 16.0. The highest BCUT2D eigenvalue weighted by Gasteiger charge is 2.24. The van der Waals surface area contributed by atoms with Crippen molar-refractivity contribution in [3.8, 4) is 5.75 Å². The van der Waals surface area contributed by atoms with Crippen molar-refractivity contribution in [3.63, 3.8) is 0 Å². The maximum atomic E-state index is 9.65. The van der Waals surface area contributed by atoms with E-state index in [2.05, 4.69) is 24.1 Å². The van der Waals surface area contributed by atoms with Crippen molar-refractivity contribution in [2.24, 2.45) is 0 Å². The molecule has 3 N–H and O–H groups in total. The third-order valence-electron chi connectivity index (χ3n) is 3.66. The Balaban J connectivity index is 2.62. The zero-order chi connectivity index (χ0) is 14.3. The van der Waals surface area contributed by atoms with Gasteiger partial charge in [0, 0.05) is 13.1 Å². The van der Waals surface area contributed by atoms with Gasteiger partial charge in [-0.3, -0.25) is 0 Å². The Labute approximate surface area is 116 Å². The van der Waals surface area contributed by atoms with E-state index in [-0.39, 0.29) is 12.4 Å². The van der Waals surface area contributed by atoms with Crippen LogP contribution in [0.15, 0.2) is 24.3 Å². The second-order valence-corrected chi connectivity index (χ2v) is 4.99. The van der Waals surface area contributed by atoms with Crippen LogP contribution in [0.4, 0.5) is 0 Å². The van der Waals surface area contributed by atoms with Crippen molar-refractivity contribution in [2.75, 3.05) is 32.8 Å². The molecule has 0 aromatic heterocycles. The third kappa shape index (κ3) is 4.49. The Morgan fingerprint density at radius 1 is 1.16 bits per heavy atom. The van der Waals surface area contributed by atoms with Crippen LogP contribution in [-0.2, 0) is 5.54 Å². The highest BCUT2D eigenvalue weighted by Crippen LogP contribution is 2.22. The lowest BCUT2D eigenvalue weighted by molar-refractivity contribution is 0.168. The maximum absolute atomic E-state index is 9.65. The Morgan fingerprint density at radius 3 is 2.21 bits per heavy atom. The smallest absolute Gasteiger partial charge is 0.115 e. The maximum Gasteiger partial charge on any atom is 0.115 e. The summed E-state index contributed by atoms with van der Waals surface area (Å²) in [5.74, 6) is 0.243. The molecule has 108 valence electrons. The minimum atomic E-state index is -0.471. The summed E-state index contributed by atoms with van der Waals surface area (Å²) < 4.78 is 0. The number of hydrogen-bond donors (Lipinski definition) is 3. The van der Waals surface area contributed by atoms with Gasteiger partial charge >= 0.3 is 0 Å². The average molecular weight is 266 g/mol. The summed E-state index contributed by atoms with van der Waals surface area (Å²) in [4.78, 5) is 2.33. The number of aromatic hydroxyl groups is 1. The van der Waals surface area contributed by atoms with Crippen LogP contribution in [0.25, 0.3) is 0 Å². The minimum Gasteiger partial charge on any atom is -0.508 e. The Hall–Kier alpha value is -1.10. The molecule has 4 nitrogen and oxygen atoms in total. The molecule has 0 fully saturated rings. The number of aliphatic hydroxyl groups excluding tert-OH is 1. The predicted molar refractivity (Wildman–Crippen MR) is 78.3 cm³/mol. The fraction of sp³-hybridized carbons (Fsp3) is 0.600. The van der Waals surface area contributed by atoms with E-state index < -0.39 is 5.54 Å². The van der Waals surface area contributed by atoms with Crippen LogP contribution in [0.3, 0.4) is 0 Å². The number of benzene rings is 1. The van der Waals surface area contributed by atoms with Crippen LogP contribution in [0, 0.1) is 0 Å². The first-order valence-corrected chi connectivity index (χ1v) is 6.93. The van der Waals surface area contributed by atoms with E-state index in [1.165, 1.54) is 0 Å². The monoisotopic (exact) mass is 266 g/mol. The lowest BCUT2D eigenvalue weighted by atomic mass is 9.93. The van der Waals surface area contributed by atoms with Crippen molar-refractivity contribution in [1.29, 1.82) is 0 Å². The van der Waals surface area contributed by atoms with Crippen LogP contribution in [0.1, 0.15) is 26.3 Å². The molecule has 0 saturated heterocycles. The fourth-order valence-electron chi connectivity index (χ4n) is 2.11. The molecule has 1 aromatic rings. The first-order valence-electron chi connectivity index (χ1n) is 6.93. The summed E-state index contributed by atoms with van der Waals surface area (Å²) in [5, 5.41) is 22.4. The molecule has 0 aliphatic heterocycles. The standard InChI is InChI=1S/C15H26N2O2/c1-4-17(5-2)11-10-16-15(3,12-18)13-6-8-14(19)9-7-13/h6-9,16,18-19H,4-5,10-12H2,1-3H3. The quantitative estimate of drug-likeness (QED) is 0.668. The summed E-state index contributed by atoms with van der Waals surface area (Å²) in [6, 6.07) is 6.98.